The van der Waals surface area contributed by atoms with E-state index in [4.69, 9.17) is 11.6 Å². The van der Waals surface area contributed by atoms with Crippen LogP contribution in [0, 0.1) is 0 Å². The summed E-state index contributed by atoms with van der Waals surface area (Å²) < 4.78 is 0. The van der Waals surface area contributed by atoms with Crippen LogP contribution >= 0.6 is 11.6 Å². The average Bonchev–Trinajstić information content (AvgIpc) is 2.55. The number of hydrogen-bond donors (Lipinski definition) is 3. The molecule has 0 saturated carbocycles. The number of hydrogen-bond acceptors (Lipinski definition) is 3. The molecule has 0 heterocycles. The number of benzene rings is 2. The minimum absolute atomic E-state index is 0.0385. The van der Waals surface area contributed by atoms with Gasteiger partial charge in [0.1, 0.15) is 0 Å². The van der Waals surface area contributed by atoms with Gasteiger partial charge >= 0.3 is 0 Å². The molecule has 26 heavy (non-hydrogen) atoms. The first-order valence-corrected chi connectivity index (χ1v) is 8.42. The Morgan fingerprint density at radius 1 is 0.885 bits per heavy atom. The Kier molecular flexibility index (Phi) is 6.74. The molecule has 2 aromatic rings. The first-order chi connectivity index (χ1) is 12.3. The molecule has 2 aromatic carbocycles. The summed E-state index contributed by atoms with van der Waals surface area (Å²) in [4.78, 5) is 34.9. The van der Waals surface area contributed by atoms with Crippen molar-refractivity contribution in [1.82, 2.24) is 5.32 Å². The number of halogens is 1. The minimum Gasteiger partial charge on any atom is -0.349 e. The van der Waals surface area contributed by atoms with Crippen molar-refractivity contribution < 1.29 is 14.4 Å². The predicted molar refractivity (Wildman–Crippen MR) is 102 cm³/mol. The van der Waals surface area contributed by atoms with Gasteiger partial charge in [0.05, 0.1) is 12.5 Å². The van der Waals surface area contributed by atoms with Crippen LogP contribution < -0.4 is 16.0 Å². The number of anilines is 2. The molecule has 2 rings (SSSR count). The molecule has 0 aliphatic rings. The fourth-order valence-electron chi connectivity index (χ4n) is 2.48. The van der Waals surface area contributed by atoms with Gasteiger partial charge in [-0.1, -0.05) is 29.8 Å². The molecule has 1 unspecified atom stereocenters. The van der Waals surface area contributed by atoms with Crippen LogP contribution in [0.15, 0.2) is 48.5 Å². The Bertz CT molecular complexity index is 806. The normalized spacial score (nSPS) is 11.3. The van der Waals surface area contributed by atoms with Crippen molar-refractivity contribution in [2.45, 2.75) is 26.3 Å². The van der Waals surface area contributed by atoms with Gasteiger partial charge in [-0.25, -0.2) is 0 Å². The summed E-state index contributed by atoms with van der Waals surface area (Å²) in [7, 11) is 0. The minimum atomic E-state index is -0.528. The molecule has 0 saturated heterocycles. The average molecular weight is 374 g/mol. The van der Waals surface area contributed by atoms with Crippen molar-refractivity contribution in [2.75, 3.05) is 10.6 Å². The van der Waals surface area contributed by atoms with E-state index in [-0.39, 0.29) is 24.1 Å². The Balaban J connectivity index is 2.06. The molecule has 0 bridgehead atoms. The molecule has 1 atom stereocenters. The molecular weight excluding hydrogens is 354 g/mol. The summed E-state index contributed by atoms with van der Waals surface area (Å²) in [6.07, 6.45) is 0.0385. The number of carbonyl (C=O) groups excluding carboxylic acids is 3. The van der Waals surface area contributed by atoms with Crippen LogP contribution in [0.25, 0.3) is 0 Å². The number of nitrogens with one attached hydrogen (secondary N) is 3. The van der Waals surface area contributed by atoms with E-state index in [0.29, 0.717) is 22.0 Å². The second kappa shape index (κ2) is 9.01. The van der Waals surface area contributed by atoms with Crippen molar-refractivity contribution in [3.63, 3.8) is 0 Å². The molecular formula is C19H20ClN3O3. The van der Waals surface area contributed by atoms with E-state index in [1.165, 1.54) is 13.8 Å². The number of carbonyl (C=O) groups is 3. The molecule has 7 heteroatoms. The topological polar surface area (TPSA) is 87.3 Å². The van der Waals surface area contributed by atoms with Crippen LogP contribution in [0.5, 0.6) is 0 Å². The Morgan fingerprint density at radius 3 is 2.00 bits per heavy atom. The van der Waals surface area contributed by atoms with Gasteiger partial charge in [-0.3, -0.25) is 14.4 Å². The Morgan fingerprint density at radius 2 is 1.46 bits per heavy atom. The third kappa shape index (κ3) is 5.89. The second-order valence-corrected chi connectivity index (χ2v) is 6.19. The van der Waals surface area contributed by atoms with Crippen molar-refractivity contribution in [1.29, 1.82) is 0 Å². The molecule has 0 aliphatic carbocycles. The number of rotatable bonds is 6. The second-order valence-electron chi connectivity index (χ2n) is 5.79. The zero-order valence-electron chi connectivity index (χ0n) is 14.5. The largest absolute Gasteiger partial charge is 0.349 e. The molecule has 0 aliphatic heterocycles. The van der Waals surface area contributed by atoms with Crippen molar-refractivity contribution >= 4 is 40.7 Å². The van der Waals surface area contributed by atoms with E-state index < -0.39 is 6.04 Å². The molecule has 3 amide bonds. The fourth-order valence-corrected chi connectivity index (χ4v) is 2.75. The molecule has 0 radical (unpaired) electrons. The smallest absolute Gasteiger partial charge is 0.226 e. The van der Waals surface area contributed by atoms with Crippen molar-refractivity contribution in [2.24, 2.45) is 0 Å². The maximum Gasteiger partial charge on any atom is 0.226 e. The Hall–Kier alpha value is -2.86. The van der Waals surface area contributed by atoms with Crippen LogP contribution in [0.2, 0.25) is 5.02 Å². The lowest BCUT2D eigenvalue weighted by molar-refractivity contribution is -0.120. The lowest BCUT2D eigenvalue weighted by Gasteiger charge is -2.19. The highest BCUT2D eigenvalue weighted by atomic mass is 35.5. The highest BCUT2D eigenvalue weighted by molar-refractivity contribution is 6.31. The summed E-state index contributed by atoms with van der Waals surface area (Å²) in [5, 5.41) is 8.66. The highest BCUT2D eigenvalue weighted by Crippen LogP contribution is 2.25. The third-order valence-electron chi connectivity index (χ3n) is 3.54. The van der Waals surface area contributed by atoms with E-state index >= 15 is 0 Å². The van der Waals surface area contributed by atoms with Gasteiger partial charge in [0, 0.05) is 30.2 Å². The van der Waals surface area contributed by atoms with E-state index in [1.807, 2.05) is 0 Å². The standard InChI is InChI=1S/C19H20ClN3O3/c1-12(24)21-14-7-9-15(10-8-14)23-19(26)11-18(22-13(2)25)16-5-3-4-6-17(16)20/h3-10,18H,11H2,1-2H3,(H,21,24)(H,22,25)(H,23,26). The van der Waals surface area contributed by atoms with Crippen LogP contribution in [0.3, 0.4) is 0 Å². The van der Waals surface area contributed by atoms with Gasteiger partial charge in [0.15, 0.2) is 0 Å². The molecule has 0 aromatic heterocycles. The van der Waals surface area contributed by atoms with E-state index in [1.54, 1.807) is 48.5 Å². The fraction of sp³-hybridized carbons (Fsp3) is 0.211. The van der Waals surface area contributed by atoms with Crippen LogP contribution in [-0.4, -0.2) is 17.7 Å². The lowest BCUT2D eigenvalue weighted by Crippen LogP contribution is -2.30. The first kappa shape index (κ1) is 19.5. The summed E-state index contributed by atoms with van der Waals surface area (Å²) in [6, 6.07) is 13.3. The quantitative estimate of drug-likeness (QED) is 0.724. The van der Waals surface area contributed by atoms with Gasteiger partial charge in [0.25, 0.3) is 0 Å². The van der Waals surface area contributed by atoms with E-state index in [9.17, 15) is 14.4 Å². The molecule has 0 spiro atoms. The van der Waals surface area contributed by atoms with Crippen LogP contribution in [0.1, 0.15) is 31.9 Å². The maximum absolute atomic E-state index is 12.4. The third-order valence-corrected chi connectivity index (χ3v) is 3.88. The van der Waals surface area contributed by atoms with E-state index in [0.717, 1.165) is 0 Å². The predicted octanol–water partition coefficient (Wildman–Crippen LogP) is 3.50. The van der Waals surface area contributed by atoms with Gasteiger partial charge in [0.2, 0.25) is 17.7 Å². The van der Waals surface area contributed by atoms with Crippen molar-refractivity contribution in [3.05, 3.63) is 59.1 Å². The molecule has 3 N–H and O–H groups in total. The highest BCUT2D eigenvalue weighted by Gasteiger charge is 2.19. The summed E-state index contributed by atoms with van der Waals surface area (Å²) >= 11 is 6.19. The lowest BCUT2D eigenvalue weighted by atomic mass is 10.0. The zero-order chi connectivity index (χ0) is 19.1. The van der Waals surface area contributed by atoms with Crippen LogP contribution in [0.4, 0.5) is 11.4 Å². The molecule has 0 fully saturated rings. The zero-order valence-corrected chi connectivity index (χ0v) is 15.3. The molecule has 136 valence electrons. The van der Waals surface area contributed by atoms with Gasteiger partial charge in [-0.2, -0.15) is 0 Å². The first-order valence-electron chi connectivity index (χ1n) is 8.04. The maximum atomic E-state index is 12.4. The van der Waals surface area contributed by atoms with Crippen LogP contribution in [-0.2, 0) is 14.4 Å². The number of amides is 3. The Labute approximate surface area is 156 Å². The summed E-state index contributed by atoms with van der Waals surface area (Å²) in [5.74, 6) is -0.682. The van der Waals surface area contributed by atoms with Gasteiger partial charge < -0.3 is 16.0 Å². The summed E-state index contributed by atoms with van der Waals surface area (Å²) in [6.45, 7) is 2.81. The SMILES string of the molecule is CC(=O)Nc1ccc(NC(=O)CC(NC(C)=O)c2ccccc2Cl)cc1. The van der Waals surface area contributed by atoms with E-state index in [2.05, 4.69) is 16.0 Å². The summed E-state index contributed by atoms with van der Waals surface area (Å²) in [5.41, 5.74) is 1.91. The van der Waals surface area contributed by atoms with Gasteiger partial charge in [-0.15, -0.1) is 0 Å². The van der Waals surface area contributed by atoms with Crippen molar-refractivity contribution in [3.8, 4) is 0 Å². The monoisotopic (exact) mass is 373 g/mol. The molecule has 6 nitrogen and oxygen atoms in total. The van der Waals surface area contributed by atoms with Gasteiger partial charge in [-0.05, 0) is 35.9 Å².